The van der Waals surface area contributed by atoms with Gasteiger partial charge >= 0.3 is 6.04 Å². The molecule has 0 bridgehead atoms. The Morgan fingerprint density at radius 1 is 1.10 bits per heavy atom. The molecule has 0 saturated carbocycles. The Kier molecular flexibility index (Phi) is 1.70. The highest BCUT2D eigenvalue weighted by Crippen LogP contribution is 2.17. The summed E-state index contributed by atoms with van der Waals surface area (Å²) >= 11 is 0. The zero-order valence-corrected chi connectivity index (χ0v) is 5.16. The van der Waals surface area contributed by atoms with Crippen molar-refractivity contribution in [1.29, 1.82) is 0 Å². The minimum atomic E-state index is -3.21. The van der Waals surface area contributed by atoms with Crippen LogP contribution in [0.2, 0.25) is 0 Å². The van der Waals surface area contributed by atoms with Gasteiger partial charge in [0.2, 0.25) is 0 Å². The van der Waals surface area contributed by atoms with Crippen molar-refractivity contribution in [3.63, 3.8) is 0 Å². The van der Waals surface area contributed by atoms with Gasteiger partial charge in [0.25, 0.3) is 0 Å². The highest BCUT2D eigenvalue weighted by atomic mass is 19.2. The molecule has 0 amide bonds. The van der Waals surface area contributed by atoms with Crippen LogP contribution in [0.4, 0.5) is 4.39 Å². The number of hydrogen-bond donors (Lipinski definition) is 2. The fraction of sp³-hybridized carbons (Fsp3) is 0.143. The number of benzene rings is 1. The first-order valence-corrected chi connectivity index (χ1v) is 2.80. The summed E-state index contributed by atoms with van der Waals surface area (Å²) in [6, 6.07) is 4.09. The summed E-state index contributed by atoms with van der Waals surface area (Å²) < 4.78 is 12.2. The van der Waals surface area contributed by atoms with Crippen LogP contribution in [0.3, 0.4) is 0 Å². The molecule has 0 spiro atoms. The summed E-state index contributed by atoms with van der Waals surface area (Å²) in [5.74, 6) is 0. The van der Waals surface area contributed by atoms with Crippen molar-refractivity contribution in [3.05, 3.63) is 35.9 Å². The van der Waals surface area contributed by atoms with Gasteiger partial charge in [0.1, 0.15) is 0 Å². The minimum absolute atomic E-state index is 0.157. The molecule has 1 aromatic carbocycles. The van der Waals surface area contributed by atoms with Crippen molar-refractivity contribution in [3.8, 4) is 0 Å². The SMILES string of the molecule is OC(O)(F)c1ccccc1. The molecule has 0 aromatic heterocycles. The molecule has 0 radical (unpaired) electrons. The Morgan fingerprint density at radius 3 is 1.90 bits per heavy atom. The summed E-state index contributed by atoms with van der Waals surface area (Å²) in [6.07, 6.45) is 0. The first kappa shape index (κ1) is 7.18. The van der Waals surface area contributed by atoms with Gasteiger partial charge in [-0.3, -0.25) is 0 Å². The average Bonchev–Trinajstić information content (AvgIpc) is 1.88. The van der Waals surface area contributed by atoms with E-state index in [1.807, 2.05) is 0 Å². The Labute approximate surface area is 57.6 Å². The second-order valence-corrected chi connectivity index (χ2v) is 1.95. The molecule has 0 aliphatic heterocycles. The molecule has 2 N–H and O–H groups in total. The molecule has 0 saturated heterocycles. The van der Waals surface area contributed by atoms with Gasteiger partial charge in [0, 0.05) is 5.56 Å². The first-order chi connectivity index (χ1) is 4.61. The smallest absolute Gasteiger partial charge is 0.336 e. The lowest BCUT2D eigenvalue weighted by atomic mass is 10.2. The van der Waals surface area contributed by atoms with Gasteiger partial charge in [0.05, 0.1) is 0 Å². The zero-order chi connectivity index (χ0) is 7.61. The summed E-state index contributed by atoms with van der Waals surface area (Å²) in [7, 11) is 0. The van der Waals surface area contributed by atoms with Gasteiger partial charge < -0.3 is 10.2 Å². The molecule has 3 heteroatoms. The van der Waals surface area contributed by atoms with Crippen molar-refractivity contribution in [2.75, 3.05) is 0 Å². The lowest BCUT2D eigenvalue weighted by Crippen LogP contribution is -2.17. The molecule has 1 rings (SSSR count). The third kappa shape index (κ3) is 1.52. The second kappa shape index (κ2) is 2.36. The van der Waals surface area contributed by atoms with Crippen LogP contribution in [-0.4, -0.2) is 10.2 Å². The molecule has 0 aliphatic carbocycles. The molecule has 2 nitrogen and oxygen atoms in total. The number of alkyl halides is 1. The topological polar surface area (TPSA) is 40.5 Å². The van der Waals surface area contributed by atoms with Crippen molar-refractivity contribution in [2.45, 2.75) is 6.04 Å². The van der Waals surface area contributed by atoms with Crippen LogP contribution in [0.1, 0.15) is 5.56 Å². The van der Waals surface area contributed by atoms with Crippen LogP contribution in [-0.2, 0) is 6.04 Å². The Balaban J connectivity index is 2.97. The second-order valence-electron chi connectivity index (χ2n) is 1.95. The van der Waals surface area contributed by atoms with E-state index in [2.05, 4.69) is 0 Å². The number of aliphatic hydroxyl groups is 2. The maximum Gasteiger partial charge on any atom is 0.343 e. The first-order valence-electron chi connectivity index (χ1n) is 2.80. The number of rotatable bonds is 1. The third-order valence-corrected chi connectivity index (χ3v) is 1.14. The van der Waals surface area contributed by atoms with Gasteiger partial charge in [-0.2, -0.15) is 4.39 Å². The van der Waals surface area contributed by atoms with E-state index >= 15 is 0 Å². The Morgan fingerprint density at radius 2 is 1.60 bits per heavy atom. The van der Waals surface area contributed by atoms with Crippen molar-refractivity contribution < 1.29 is 14.6 Å². The number of halogens is 1. The molecule has 54 valence electrons. The molecular weight excluding hydrogens is 135 g/mol. The molecule has 0 heterocycles. The highest BCUT2D eigenvalue weighted by molar-refractivity contribution is 5.17. The summed E-state index contributed by atoms with van der Waals surface area (Å²) in [4.78, 5) is 0. The highest BCUT2D eigenvalue weighted by Gasteiger charge is 2.23. The van der Waals surface area contributed by atoms with E-state index in [0.717, 1.165) is 0 Å². The van der Waals surface area contributed by atoms with Crippen LogP contribution in [0.15, 0.2) is 30.3 Å². The molecule has 1 aromatic rings. The van der Waals surface area contributed by atoms with E-state index in [4.69, 9.17) is 10.2 Å². The Hall–Kier alpha value is -0.930. The summed E-state index contributed by atoms with van der Waals surface area (Å²) in [6.45, 7) is 0. The van der Waals surface area contributed by atoms with E-state index in [1.165, 1.54) is 24.3 Å². The lowest BCUT2D eigenvalue weighted by Gasteiger charge is -2.09. The quantitative estimate of drug-likeness (QED) is 0.568. The van der Waals surface area contributed by atoms with E-state index < -0.39 is 6.04 Å². The van der Waals surface area contributed by atoms with Crippen LogP contribution in [0.5, 0.6) is 0 Å². The van der Waals surface area contributed by atoms with E-state index in [-0.39, 0.29) is 5.56 Å². The molecule has 0 atom stereocenters. The molecular formula is C7H7FO2. The van der Waals surface area contributed by atoms with Crippen molar-refractivity contribution in [2.24, 2.45) is 0 Å². The number of hydrogen-bond acceptors (Lipinski definition) is 2. The fourth-order valence-corrected chi connectivity index (χ4v) is 0.650. The van der Waals surface area contributed by atoms with E-state index in [1.54, 1.807) is 6.07 Å². The van der Waals surface area contributed by atoms with Crippen LogP contribution in [0.25, 0.3) is 0 Å². The fourth-order valence-electron chi connectivity index (χ4n) is 0.650. The lowest BCUT2D eigenvalue weighted by molar-refractivity contribution is -0.269. The third-order valence-electron chi connectivity index (χ3n) is 1.14. The van der Waals surface area contributed by atoms with Crippen molar-refractivity contribution in [1.82, 2.24) is 0 Å². The van der Waals surface area contributed by atoms with Gasteiger partial charge in [-0.1, -0.05) is 30.3 Å². The largest absolute Gasteiger partial charge is 0.343 e. The molecule has 10 heavy (non-hydrogen) atoms. The van der Waals surface area contributed by atoms with Crippen LogP contribution >= 0.6 is 0 Å². The van der Waals surface area contributed by atoms with Gasteiger partial charge in [-0.05, 0) is 0 Å². The predicted octanol–water partition coefficient (Wildman–Crippen LogP) is 0.751. The monoisotopic (exact) mass is 142 g/mol. The van der Waals surface area contributed by atoms with Gasteiger partial charge in [0.15, 0.2) is 0 Å². The summed E-state index contributed by atoms with van der Waals surface area (Å²) in [5.41, 5.74) is -0.157. The van der Waals surface area contributed by atoms with E-state index in [9.17, 15) is 4.39 Å². The maximum atomic E-state index is 12.2. The van der Waals surface area contributed by atoms with Crippen molar-refractivity contribution >= 4 is 0 Å². The van der Waals surface area contributed by atoms with Crippen LogP contribution in [0, 0.1) is 0 Å². The minimum Gasteiger partial charge on any atom is -0.336 e. The summed E-state index contributed by atoms with van der Waals surface area (Å²) in [5, 5.41) is 16.8. The van der Waals surface area contributed by atoms with Crippen LogP contribution < -0.4 is 0 Å². The van der Waals surface area contributed by atoms with Gasteiger partial charge in [-0.15, -0.1) is 0 Å². The Bertz CT molecular complexity index is 203. The van der Waals surface area contributed by atoms with E-state index in [0.29, 0.717) is 0 Å². The molecule has 0 unspecified atom stereocenters. The van der Waals surface area contributed by atoms with Gasteiger partial charge in [-0.25, -0.2) is 0 Å². The average molecular weight is 142 g/mol. The molecule has 0 aliphatic rings. The standard InChI is InChI=1S/C7H7FO2/c8-7(9,10)6-4-2-1-3-5-6/h1-5,9-10H. The molecule has 0 fully saturated rings. The normalized spacial score (nSPS) is 11.5. The maximum absolute atomic E-state index is 12.2. The predicted molar refractivity (Wildman–Crippen MR) is 33.7 cm³/mol. The zero-order valence-electron chi connectivity index (χ0n) is 5.16.